The number of Topliss-reactive ketones (excluding diaryl/α,β-unsaturated/α-hetero) is 1. The number of nitrogens with zero attached hydrogens (tertiary/aromatic N) is 2. The highest BCUT2D eigenvalue weighted by atomic mass is 32.2. The molecule has 0 saturated carbocycles. The highest BCUT2D eigenvalue weighted by Crippen LogP contribution is 2.39. The minimum atomic E-state index is -0.257. The van der Waals surface area contributed by atoms with Gasteiger partial charge in [-0.1, -0.05) is 66.4 Å². The first-order chi connectivity index (χ1) is 14.5. The van der Waals surface area contributed by atoms with Gasteiger partial charge >= 0.3 is 0 Å². The van der Waals surface area contributed by atoms with Crippen molar-refractivity contribution in [1.29, 1.82) is 5.26 Å². The first-order valence-electron chi connectivity index (χ1n) is 10.3. The van der Waals surface area contributed by atoms with Gasteiger partial charge in [0.1, 0.15) is 11.6 Å². The van der Waals surface area contributed by atoms with Crippen LogP contribution in [-0.4, -0.2) is 28.4 Å². The topological polar surface area (TPSA) is 61.2 Å². The number of aryl methyl sites for hydroxylation is 3. The third kappa shape index (κ3) is 5.01. The summed E-state index contributed by atoms with van der Waals surface area (Å²) in [6, 6.07) is 20.1. The van der Waals surface area contributed by atoms with Crippen LogP contribution in [-0.2, 0) is 22.4 Å². The van der Waals surface area contributed by atoms with E-state index in [9.17, 15) is 14.9 Å². The van der Waals surface area contributed by atoms with E-state index >= 15 is 0 Å². The maximum absolute atomic E-state index is 12.9. The Labute approximate surface area is 182 Å². The molecule has 2 aromatic carbocycles. The molecule has 4 nitrogen and oxygen atoms in total. The number of hydrogen-bond acceptors (Lipinski definition) is 4. The molecule has 5 heteroatoms. The molecule has 154 valence electrons. The van der Waals surface area contributed by atoms with Gasteiger partial charge in [0.05, 0.1) is 10.3 Å². The van der Waals surface area contributed by atoms with Crippen LogP contribution in [0.2, 0.25) is 0 Å². The van der Waals surface area contributed by atoms with Gasteiger partial charge in [0.25, 0.3) is 0 Å². The quantitative estimate of drug-likeness (QED) is 0.455. The average Bonchev–Trinajstić information content (AvgIpc) is 3.08. The Morgan fingerprint density at radius 2 is 1.80 bits per heavy atom. The maximum atomic E-state index is 12.9. The van der Waals surface area contributed by atoms with E-state index in [1.807, 2.05) is 68.4 Å². The Hall–Kier alpha value is -2.84. The highest BCUT2D eigenvalue weighted by Gasteiger charge is 2.38. The van der Waals surface area contributed by atoms with Gasteiger partial charge in [-0.2, -0.15) is 5.26 Å². The first-order valence-corrected chi connectivity index (χ1v) is 11.2. The van der Waals surface area contributed by atoms with E-state index < -0.39 is 0 Å². The number of nitriles is 1. The first kappa shape index (κ1) is 21.9. The number of allylic oxidation sites excluding steroid dienone is 1. The predicted octanol–water partition coefficient (Wildman–Crippen LogP) is 4.83. The standard InChI is InChI=1S/C25H26N2O2S/c1-3-27-24(29)23(16-13-19-10-5-4-6-11-19)30-25(27)21(17-26)22(28)15-14-20-12-8-7-9-18(20)2/h4-12,23H,3,13-16H2,1-2H3/b25-21-. The fourth-order valence-corrected chi connectivity index (χ4v) is 4.99. The normalized spacial score (nSPS) is 17.7. The molecule has 0 spiro atoms. The molecule has 0 bridgehead atoms. The van der Waals surface area contributed by atoms with Crippen molar-refractivity contribution >= 4 is 23.5 Å². The molecule has 0 N–H and O–H groups in total. The number of amides is 1. The van der Waals surface area contributed by atoms with Crippen LogP contribution in [0.3, 0.4) is 0 Å². The molecule has 30 heavy (non-hydrogen) atoms. The zero-order valence-electron chi connectivity index (χ0n) is 17.4. The number of benzene rings is 2. The highest BCUT2D eigenvalue weighted by molar-refractivity contribution is 8.04. The molecular weight excluding hydrogens is 392 g/mol. The maximum Gasteiger partial charge on any atom is 0.240 e. The molecule has 0 aromatic heterocycles. The lowest BCUT2D eigenvalue weighted by atomic mass is 10.0. The Kier molecular flexibility index (Phi) is 7.48. The molecule has 1 amide bonds. The Morgan fingerprint density at radius 1 is 1.10 bits per heavy atom. The SMILES string of the molecule is CCN1C(=O)C(CCc2ccccc2)S/C1=C(/C#N)C(=O)CCc1ccccc1C. The molecule has 0 radical (unpaired) electrons. The lowest BCUT2D eigenvalue weighted by Gasteiger charge is -2.15. The van der Waals surface area contributed by atoms with E-state index in [0.29, 0.717) is 24.4 Å². The lowest BCUT2D eigenvalue weighted by molar-refractivity contribution is -0.127. The summed E-state index contributed by atoms with van der Waals surface area (Å²) in [5, 5.41) is 9.99. The molecule has 1 atom stereocenters. The molecule has 0 aliphatic carbocycles. The van der Waals surface area contributed by atoms with Crippen LogP contribution in [0, 0.1) is 18.3 Å². The molecule has 1 saturated heterocycles. The van der Waals surface area contributed by atoms with Gasteiger partial charge in [0, 0.05) is 13.0 Å². The fourth-order valence-electron chi connectivity index (χ4n) is 3.63. The van der Waals surface area contributed by atoms with Gasteiger partial charge in [-0.05, 0) is 49.8 Å². The zero-order valence-corrected chi connectivity index (χ0v) is 18.2. The number of carbonyl (C=O) groups excluding carboxylic acids is 2. The molecule has 3 rings (SSSR count). The monoisotopic (exact) mass is 418 g/mol. The largest absolute Gasteiger partial charge is 0.305 e. The summed E-state index contributed by atoms with van der Waals surface area (Å²) in [7, 11) is 0. The van der Waals surface area contributed by atoms with Crippen molar-refractivity contribution in [1.82, 2.24) is 4.90 Å². The summed E-state index contributed by atoms with van der Waals surface area (Å²) in [5.41, 5.74) is 3.54. The van der Waals surface area contributed by atoms with Gasteiger partial charge in [-0.15, -0.1) is 0 Å². The molecule has 1 aliphatic heterocycles. The number of carbonyl (C=O) groups is 2. The van der Waals surface area contributed by atoms with Crippen LogP contribution >= 0.6 is 11.8 Å². The summed E-state index contributed by atoms with van der Waals surface area (Å²) < 4.78 is 0. The van der Waals surface area contributed by atoms with Crippen molar-refractivity contribution in [2.75, 3.05) is 6.54 Å². The predicted molar refractivity (Wildman–Crippen MR) is 121 cm³/mol. The van der Waals surface area contributed by atoms with E-state index in [1.54, 1.807) is 4.90 Å². The molecule has 1 aliphatic rings. The van der Waals surface area contributed by atoms with Gasteiger partial charge in [-0.3, -0.25) is 9.59 Å². The fraction of sp³-hybridized carbons (Fsp3) is 0.320. The van der Waals surface area contributed by atoms with Crippen LogP contribution in [0.15, 0.2) is 65.2 Å². The molecular formula is C25H26N2O2S. The van der Waals surface area contributed by atoms with Crippen LogP contribution in [0.25, 0.3) is 0 Å². The molecule has 1 fully saturated rings. The number of ketones is 1. The van der Waals surface area contributed by atoms with Crippen molar-refractivity contribution < 1.29 is 9.59 Å². The number of hydrogen-bond donors (Lipinski definition) is 0. The van der Waals surface area contributed by atoms with E-state index in [1.165, 1.54) is 17.3 Å². The Bertz CT molecular complexity index is 992. The van der Waals surface area contributed by atoms with Crippen molar-refractivity contribution in [2.24, 2.45) is 0 Å². The molecule has 1 heterocycles. The molecule has 1 unspecified atom stereocenters. The smallest absolute Gasteiger partial charge is 0.240 e. The summed E-state index contributed by atoms with van der Waals surface area (Å²) in [5.74, 6) is -0.203. The van der Waals surface area contributed by atoms with E-state index in [2.05, 4.69) is 6.07 Å². The van der Waals surface area contributed by atoms with E-state index in [0.717, 1.165) is 17.5 Å². The second kappa shape index (κ2) is 10.3. The average molecular weight is 419 g/mol. The summed E-state index contributed by atoms with van der Waals surface area (Å²) >= 11 is 1.37. The minimum Gasteiger partial charge on any atom is -0.305 e. The second-order valence-corrected chi connectivity index (χ2v) is 8.55. The van der Waals surface area contributed by atoms with Crippen molar-refractivity contribution in [2.45, 2.75) is 44.8 Å². The number of thioether (sulfide) groups is 1. The van der Waals surface area contributed by atoms with Gasteiger partial charge in [0.2, 0.25) is 5.91 Å². The van der Waals surface area contributed by atoms with E-state index in [-0.39, 0.29) is 28.9 Å². The lowest BCUT2D eigenvalue weighted by Crippen LogP contribution is -2.29. The zero-order chi connectivity index (χ0) is 21.5. The van der Waals surface area contributed by atoms with Crippen molar-refractivity contribution in [3.63, 3.8) is 0 Å². The van der Waals surface area contributed by atoms with Gasteiger partial charge in [0.15, 0.2) is 5.78 Å². The summed E-state index contributed by atoms with van der Waals surface area (Å²) in [6.07, 6.45) is 2.33. The van der Waals surface area contributed by atoms with Crippen molar-refractivity contribution in [3.8, 4) is 6.07 Å². The Morgan fingerprint density at radius 3 is 2.47 bits per heavy atom. The molecule has 2 aromatic rings. The number of rotatable bonds is 8. The third-order valence-corrected chi connectivity index (χ3v) is 6.75. The second-order valence-electron chi connectivity index (χ2n) is 7.35. The van der Waals surface area contributed by atoms with Gasteiger partial charge < -0.3 is 4.90 Å². The van der Waals surface area contributed by atoms with Crippen LogP contribution < -0.4 is 0 Å². The third-order valence-electron chi connectivity index (χ3n) is 5.38. The van der Waals surface area contributed by atoms with Crippen molar-refractivity contribution in [3.05, 3.63) is 81.9 Å². The minimum absolute atomic E-state index is 0.00659. The van der Waals surface area contributed by atoms with E-state index in [4.69, 9.17) is 0 Å². The Balaban J connectivity index is 1.73. The van der Waals surface area contributed by atoms with Gasteiger partial charge in [-0.25, -0.2) is 0 Å². The van der Waals surface area contributed by atoms with Crippen LogP contribution in [0.1, 0.15) is 36.5 Å². The van der Waals surface area contributed by atoms with Crippen LogP contribution in [0.5, 0.6) is 0 Å². The van der Waals surface area contributed by atoms with Crippen LogP contribution in [0.4, 0.5) is 0 Å². The summed E-state index contributed by atoms with van der Waals surface area (Å²) in [4.78, 5) is 27.4. The summed E-state index contributed by atoms with van der Waals surface area (Å²) in [6.45, 7) is 4.36.